The highest BCUT2D eigenvalue weighted by Gasteiger charge is 2.56. The molecule has 1 unspecified atom stereocenters. The van der Waals surface area contributed by atoms with E-state index in [9.17, 15) is 13.2 Å². The number of hydrogen-bond acceptors (Lipinski definition) is 5. The second-order valence-corrected chi connectivity index (χ2v) is 11.1. The molecule has 1 saturated carbocycles. The first-order valence-corrected chi connectivity index (χ1v) is 11.8. The summed E-state index contributed by atoms with van der Waals surface area (Å²) >= 11 is 0. The van der Waals surface area contributed by atoms with Crippen molar-refractivity contribution < 1.29 is 17.9 Å². The van der Waals surface area contributed by atoms with Crippen LogP contribution >= 0.6 is 0 Å². The van der Waals surface area contributed by atoms with Gasteiger partial charge in [-0.2, -0.15) is 0 Å². The topological polar surface area (TPSA) is 84.5 Å². The molecule has 1 aliphatic carbocycles. The van der Waals surface area contributed by atoms with E-state index in [1.165, 1.54) is 32.6 Å². The van der Waals surface area contributed by atoms with E-state index >= 15 is 0 Å². The lowest BCUT2D eigenvalue weighted by Gasteiger charge is -2.51. The number of carbonyl (C=O) groups is 1. The molecule has 2 saturated heterocycles. The van der Waals surface area contributed by atoms with Gasteiger partial charge in [0, 0.05) is 26.2 Å². The average Bonchev–Trinajstić information content (AvgIpc) is 2.56. The molecular formula is C19H34N2O4S. The Labute approximate surface area is 157 Å². The van der Waals surface area contributed by atoms with E-state index in [1.807, 2.05) is 0 Å². The Morgan fingerprint density at radius 2 is 1.85 bits per heavy atom. The first-order chi connectivity index (χ1) is 12.4. The van der Waals surface area contributed by atoms with Crippen molar-refractivity contribution in [1.82, 2.24) is 10.6 Å². The van der Waals surface area contributed by atoms with Crippen LogP contribution in [0.15, 0.2) is 0 Å². The van der Waals surface area contributed by atoms with Gasteiger partial charge in [0.05, 0.1) is 10.5 Å². The van der Waals surface area contributed by atoms with Gasteiger partial charge in [0.15, 0.2) is 9.84 Å². The SMILES string of the molecule is CC(=O)NC1CCS(=O)(=O)C2(CC(CNCCCC3CCOCC3)C2)C1. The van der Waals surface area contributed by atoms with E-state index in [-0.39, 0.29) is 17.7 Å². The molecule has 2 N–H and O–H groups in total. The normalized spacial score (nSPS) is 34.3. The van der Waals surface area contributed by atoms with Gasteiger partial charge in [-0.1, -0.05) is 0 Å². The van der Waals surface area contributed by atoms with Crippen LogP contribution in [0.25, 0.3) is 0 Å². The van der Waals surface area contributed by atoms with Gasteiger partial charge in [-0.25, -0.2) is 8.42 Å². The van der Waals surface area contributed by atoms with E-state index < -0.39 is 14.6 Å². The van der Waals surface area contributed by atoms with E-state index in [2.05, 4.69) is 10.6 Å². The summed E-state index contributed by atoms with van der Waals surface area (Å²) in [5.74, 6) is 1.41. The molecule has 3 fully saturated rings. The highest BCUT2D eigenvalue weighted by Crippen LogP contribution is 2.49. The van der Waals surface area contributed by atoms with Crippen molar-refractivity contribution >= 4 is 15.7 Å². The second-order valence-electron chi connectivity index (χ2n) is 8.57. The minimum Gasteiger partial charge on any atom is -0.381 e. The van der Waals surface area contributed by atoms with Crippen LogP contribution in [0.2, 0.25) is 0 Å². The van der Waals surface area contributed by atoms with E-state index in [0.29, 0.717) is 18.8 Å². The molecule has 6 nitrogen and oxygen atoms in total. The van der Waals surface area contributed by atoms with E-state index in [0.717, 1.165) is 45.1 Å². The van der Waals surface area contributed by atoms with Gasteiger partial charge in [0.2, 0.25) is 5.91 Å². The Morgan fingerprint density at radius 3 is 2.54 bits per heavy atom. The number of ether oxygens (including phenoxy) is 1. The van der Waals surface area contributed by atoms with Gasteiger partial charge in [-0.05, 0) is 76.3 Å². The summed E-state index contributed by atoms with van der Waals surface area (Å²) in [7, 11) is -3.03. The second kappa shape index (κ2) is 8.57. The van der Waals surface area contributed by atoms with Crippen LogP contribution in [-0.4, -0.2) is 57.2 Å². The summed E-state index contributed by atoms with van der Waals surface area (Å²) in [5, 5.41) is 6.44. The highest BCUT2D eigenvalue weighted by atomic mass is 32.2. The fraction of sp³-hybridized carbons (Fsp3) is 0.947. The zero-order valence-corrected chi connectivity index (χ0v) is 16.8. The van der Waals surface area contributed by atoms with Crippen LogP contribution in [0, 0.1) is 11.8 Å². The lowest BCUT2D eigenvalue weighted by atomic mass is 9.70. The number of nitrogens with one attached hydrogen (secondary N) is 2. The maximum absolute atomic E-state index is 12.6. The lowest BCUT2D eigenvalue weighted by Crippen LogP contribution is -2.60. The molecular weight excluding hydrogens is 352 g/mol. The molecule has 0 bridgehead atoms. The van der Waals surface area contributed by atoms with Gasteiger partial charge >= 0.3 is 0 Å². The predicted molar refractivity (Wildman–Crippen MR) is 102 cm³/mol. The maximum Gasteiger partial charge on any atom is 0.217 e. The van der Waals surface area contributed by atoms with Crippen molar-refractivity contribution in [1.29, 1.82) is 0 Å². The summed E-state index contributed by atoms with van der Waals surface area (Å²) in [6.45, 7) is 5.26. The number of rotatable bonds is 7. The number of hydrogen-bond donors (Lipinski definition) is 2. The molecule has 0 radical (unpaired) electrons. The molecule has 1 amide bonds. The summed E-state index contributed by atoms with van der Waals surface area (Å²) in [4.78, 5) is 11.3. The first-order valence-electron chi connectivity index (χ1n) is 10.2. The minimum absolute atomic E-state index is 0.0180. The standard InChI is InChI=1S/C19H34N2O4S/c1-15(22)21-18-6-10-26(23,24)19(13-18)11-17(12-19)14-20-7-2-3-16-4-8-25-9-5-16/h16-18,20H,2-14H2,1H3,(H,21,22). The molecule has 0 aromatic heterocycles. The van der Waals surface area contributed by atoms with Gasteiger partial charge in [-0.15, -0.1) is 0 Å². The Bertz CT molecular complexity index is 580. The van der Waals surface area contributed by atoms with Crippen LogP contribution < -0.4 is 10.6 Å². The molecule has 3 aliphatic rings. The van der Waals surface area contributed by atoms with Gasteiger partial charge in [0.1, 0.15) is 0 Å². The molecule has 2 heterocycles. The predicted octanol–water partition coefficient (Wildman–Crippen LogP) is 1.64. The molecule has 0 aromatic carbocycles. The molecule has 0 aromatic rings. The van der Waals surface area contributed by atoms with Crippen LogP contribution in [-0.2, 0) is 19.4 Å². The van der Waals surface area contributed by atoms with Crippen molar-refractivity contribution in [2.75, 3.05) is 32.1 Å². The molecule has 1 atom stereocenters. The van der Waals surface area contributed by atoms with Crippen LogP contribution in [0.4, 0.5) is 0 Å². The molecule has 150 valence electrons. The lowest BCUT2D eigenvalue weighted by molar-refractivity contribution is -0.119. The largest absolute Gasteiger partial charge is 0.381 e. The first kappa shape index (κ1) is 20.1. The fourth-order valence-electron chi connectivity index (χ4n) is 5.02. The third-order valence-electron chi connectivity index (χ3n) is 6.48. The molecule has 3 rings (SSSR count). The molecule has 2 aliphatic heterocycles. The zero-order valence-electron chi connectivity index (χ0n) is 16.0. The van der Waals surface area contributed by atoms with E-state index in [1.54, 1.807) is 0 Å². The van der Waals surface area contributed by atoms with Gasteiger partial charge in [0.25, 0.3) is 0 Å². The summed E-state index contributed by atoms with van der Waals surface area (Å²) < 4.78 is 30.0. The summed E-state index contributed by atoms with van der Waals surface area (Å²) in [6.07, 6.45) is 7.48. The monoisotopic (exact) mass is 386 g/mol. The summed E-state index contributed by atoms with van der Waals surface area (Å²) in [5.41, 5.74) is 0. The number of carbonyl (C=O) groups excluding carboxylic acids is 1. The Balaban J connectivity index is 1.35. The molecule has 7 heteroatoms. The smallest absolute Gasteiger partial charge is 0.217 e. The van der Waals surface area contributed by atoms with Gasteiger partial charge < -0.3 is 15.4 Å². The maximum atomic E-state index is 12.6. The average molecular weight is 387 g/mol. The van der Waals surface area contributed by atoms with Crippen molar-refractivity contribution in [2.24, 2.45) is 11.8 Å². The Morgan fingerprint density at radius 1 is 1.12 bits per heavy atom. The Hall–Kier alpha value is -0.660. The van der Waals surface area contributed by atoms with Crippen LogP contribution in [0.5, 0.6) is 0 Å². The third kappa shape index (κ3) is 4.78. The quantitative estimate of drug-likeness (QED) is 0.650. The number of sulfone groups is 1. The van der Waals surface area contributed by atoms with Crippen molar-refractivity contribution in [3.8, 4) is 0 Å². The van der Waals surface area contributed by atoms with Crippen molar-refractivity contribution in [2.45, 2.75) is 69.1 Å². The fourth-order valence-corrected chi connectivity index (χ4v) is 7.48. The molecule has 26 heavy (non-hydrogen) atoms. The van der Waals surface area contributed by atoms with Crippen LogP contribution in [0.1, 0.15) is 58.3 Å². The minimum atomic E-state index is -3.03. The molecule has 1 spiro atoms. The van der Waals surface area contributed by atoms with Gasteiger partial charge in [-0.3, -0.25) is 4.79 Å². The van der Waals surface area contributed by atoms with Crippen molar-refractivity contribution in [3.05, 3.63) is 0 Å². The number of amides is 1. The van der Waals surface area contributed by atoms with Crippen molar-refractivity contribution in [3.63, 3.8) is 0 Å². The third-order valence-corrected chi connectivity index (χ3v) is 9.07. The summed E-state index contributed by atoms with van der Waals surface area (Å²) in [6, 6.07) is 0.0180. The zero-order chi connectivity index (χ0) is 18.6. The Kier molecular flexibility index (Phi) is 6.62. The highest BCUT2D eigenvalue weighted by molar-refractivity contribution is 7.92. The van der Waals surface area contributed by atoms with Crippen LogP contribution in [0.3, 0.4) is 0 Å². The van der Waals surface area contributed by atoms with E-state index in [4.69, 9.17) is 4.74 Å².